The van der Waals surface area contributed by atoms with Crippen LogP contribution >= 0.6 is 0 Å². The molecule has 2 heterocycles. The Bertz CT molecular complexity index is 868. The summed E-state index contributed by atoms with van der Waals surface area (Å²) in [5.74, 6) is 1.45. The van der Waals surface area contributed by atoms with Crippen molar-refractivity contribution >= 4 is 23.2 Å². The molecule has 0 spiro atoms. The maximum Gasteiger partial charge on any atom is 0.231 e. The molecule has 8 heteroatoms. The number of anilines is 2. The molecule has 2 atom stereocenters. The van der Waals surface area contributed by atoms with Gasteiger partial charge < -0.3 is 29.6 Å². The normalized spacial score (nSPS) is 20.9. The lowest BCUT2D eigenvalue weighted by atomic mass is 10.2. The number of amides is 2. The molecule has 5 rings (SSSR count). The summed E-state index contributed by atoms with van der Waals surface area (Å²) < 4.78 is 21.1. The summed E-state index contributed by atoms with van der Waals surface area (Å²) in [6.07, 6.45) is 0.521. The van der Waals surface area contributed by atoms with E-state index in [4.69, 9.17) is 18.9 Å². The number of ether oxygens (including phenoxy) is 4. The molecule has 3 aliphatic rings. The molecule has 138 valence electrons. The Morgan fingerprint density at radius 3 is 1.63 bits per heavy atom. The number of rotatable bonds is 4. The lowest BCUT2D eigenvalue weighted by Crippen LogP contribution is -2.20. The molecule has 0 bridgehead atoms. The SMILES string of the molecule is O=C(Nc1ccc2c(c1)OCO2)C1CC1C(=O)Nc1ccc2c(c1)OCO2. The van der Waals surface area contributed by atoms with Crippen LogP contribution in [0, 0.1) is 11.8 Å². The molecule has 1 saturated carbocycles. The zero-order valence-corrected chi connectivity index (χ0v) is 14.2. The summed E-state index contributed by atoms with van der Waals surface area (Å²) in [5, 5.41) is 5.65. The second-order valence-electron chi connectivity index (χ2n) is 6.56. The number of nitrogens with one attached hydrogen (secondary N) is 2. The van der Waals surface area contributed by atoms with Crippen LogP contribution in [0.1, 0.15) is 6.42 Å². The van der Waals surface area contributed by atoms with Gasteiger partial charge in [0, 0.05) is 23.5 Å². The van der Waals surface area contributed by atoms with E-state index in [1.165, 1.54) is 0 Å². The van der Waals surface area contributed by atoms with Crippen LogP contribution in [0.2, 0.25) is 0 Å². The highest BCUT2D eigenvalue weighted by molar-refractivity contribution is 6.03. The second kappa shape index (κ2) is 6.08. The van der Waals surface area contributed by atoms with Crippen molar-refractivity contribution in [3.05, 3.63) is 36.4 Å². The topological polar surface area (TPSA) is 95.1 Å². The van der Waals surface area contributed by atoms with Crippen molar-refractivity contribution in [3.63, 3.8) is 0 Å². The Morgan fingerprint density at radius 1 is 0.704 bits per heavy atom. The van der Waals surface area contributed by atoms with E-state index < -0.39 is 0 Å². The van der Waals surface area contributed by atoms with Crippen LogP contribution in [0.5, 0.6) is 23.0 Å². The number of fused-ring (bicyclic) bond motifs is 2. The molecule has 0 saturated heterocycles. The van der Waals surface area contributed by atoms with Crippen molar-refractivity contribution < 1.29 is 28.5 Å². The van der Waals surface area contributed by atoms with Gasteiger partial charge in [0.25, 0.3) is 0 Å². The molecule has 2 aliphatic heterocycles. The van der Waals surface area contributed by atoms with Crippen molar-refractivity contribution in [1.82, 2.24) is 0 Å². The van der Waals surface area contributed by atoms with Gasteiger partial charge in [-0.1, -0.05) is 0 Å². The smallest absolute Gasteiger partial charge is 0.231 e. The van der Waals surface area contributed by atoms with Gasteiger partial charge in [0.15, 0.2) is 23.0 Å². The van der Waals surface area contributed by atoms with Gasteiger partial charge in [-0.25, -0.2) is 0 Å². The maximum absolute atomic E-state index is 12.4. The van der Waals surface area contributed by atoms with Gasteiger partial charge in [0.2, 0.25) is 25.4 Å². The van der Waals surface area contributed by atoms with E-state index in [1.807, 2.05) is 0 Å². The fourth-order valence-corrected chi connectivity index (χ4v) is 3.19. The van der Waals surface area contributed by atoms with E-state index in [0.29, 0.717) is 40.8 Å². The van der Waals surface area contributed by atoms with Gasteiger partial charge in [-0.05, 0) is 30.7 Å². The summed E-state index contributed by atoms with van der Waals surface area (Å²) in [6, 6.07) is 10.4. The highest BCUT2D eigenvalue weighted by atomic mass is 16.7. The fraction of sp³-hybridized carbons (Fsp3) is 0.263. The van der Waals surface area contributed by atoms with Gasteiger partial charge >= 0.3 is 0 Å². The molecule has 0 aromatic heterocycles. The minimum absolute atomic E-state index is 0.178. The number of hydrogen-bond acceptors (Lipinski definition) is 6. The molecule has 0 radical (unpaired) electrons. The van der Waals surface area contributed by atoms with Gasteiger partial charge in [-0.15, -0.1) is 0 Å². The molecule has 8 nitrogen and oxygen atoms in total. The third-order valence-electron chi connectivity index (χ3n) is 4.74. The summed E-state index contributed by atoms with van der Waals surface area (Å²) in [7, 11) is 0. The molecule has 2 N–H and O–H groups in total. The third-order valence-corrected chi connectivity index (χ3v) is 4.74. The molecule has 2 aromatic rings. The zero-order chi connectivity index (χ0) is 18.4. The zero-order valence-electron chi connectivity index (χ0n) is 14.2. The van der Waals surface area contributed by atoms with E-state index in [9.17, 15) is 9.59 Å². The molecule has 1 fully saturated rings. The van der Waals surface area contributed by atoms with E-state index >= 15 is 0 Å². The Balaban J connectivity index is 1.19. The first-order valence-electron chi connectivity index (χ1n) is 8.58. The first kappa shape index (κ1) is 15.8. The molecular formula is C19H16N2O6. The summed E-state index contributed by atoms with van der Waals surface area (Å²) in [5.41, 5.74) is 1.23. The first-order valence-corrected chi connectivity index (χ1v) is 8.58. The molecule has 2 unspecified atom stereocenters. The number of carbonyl (C=O) groups excluding carboxylic acids is 2. The Hall–Kier alpha value is -3.42. The van der Waals surface area contributed by atoms with Crippen LogP contribution in [-0.2, 0) is 9.59 Å². The minimum atomic E-state index is -0.343. The summed E-state index contributed by atoms with van der Waals surface area (Å²) in [4.78, 5) is 24.8. The Labute approximate surface area is 154 Å². The largest absolute Gasteiger partial charge is 0.454 e. The molecule has 1 aliphatic carbocycles. The van der Waals surface area contributed by atoms with E-state index in [0.717, 1.165) is 0 Å². The summed E-state index contributed by atoms with van der Waals surface area (Å²) in [6.45, 7) is 0.356. The van der Waals surface area contributed by atoms with Crippen molar-refractivity contribution in [2.24, 2.45) is 11.8 Å². The first-order chi connectivity index (χ1) is 13.2. The van der Waals surface area contributed by atoms with Crippen molar-refractivity contribution in [2.75, 3.05) is 24.2 Å². The van der Waals surface area contributed by atoms with Crippen LogP contribution < -0.4 is 29.6 Å². The van der Waals surface area contributed by atoms with Gasteiger partial charge in [-0.3, -0.25) is 9.59 Å². The molecule has 2 aromatic carbocycles. The number of hydrogen-bond donors (Lipinski definition) is 2. The average Bonchev–Trinajstić information content (AvgIpc) is 3.11. The fourth-order valence-electron chi connectivity index (χ4n) is 3.19. The Kier molecular flexibility index (Phi) is 3.56. The quantitative estimate of drug-likeness (QED) is 0.860. The average molecular weight is 368 g/mol. The highest BCUT2D eigenvalue weighted by Gasteiger charge is 2.48. The monoisotopic (exact) mass is 368 g/mol. The molecule has 27 heavy (non-hydrogen) atoms. The van der Waals surface area contributed by atoms with Crippen LogP contribution in [0.4, 0.5) is 11.4 Å². The minimum Gasteiger partial charge on any atom is -0.454 e. The van der Waals surface area contributed by atoms with Crippen LogP contribution in [0.25, 0.3) is 0 Å². The Morgan fingerprint density at radius 2 is 1.15 bits per heavy atom. The van der Waals surface area contributed by atoms with Crippen LogP contribution in [-0.4, -0.2) is 25.4 Å². The second-order valence-corrected chi connectivity index (χ2v) is 6.56. The van der Waals surface area contributed by atoms with E-state index in [1.54, 1.807) is 36.4 Å². The van der Waals surface area contributed by atoms with Crippen LogP contribution in [0.15, 0.2) is 36.4 Å². The predicted molar refractivity (Wildman–Crippen MR) is 94.0 cm³/mol. The van der Waals surface area contributed by atoms with Gasteiger partial charge in [-0.2, -0.15) is 0 Å². The van der Waals surface area contributed by atoms with Crippen molar-refractivity contribution in [1.29, 1.82) is 0 Å². The number of benzene rings is 2. The van der Waals surface area contributed by atoms with Crippen molar-refractivity contribution in [3.8, 4) is 23.0 Å². The van der Waals surface area contributed by atoms with Crippen molar-refractivity contribution in [2.45, 2.75) is 6.42 Å². The van der Waals surface area contributed by atoms with E-state index in [2.05, 4.69) is 10.6 Å². The molecular weight excluding hydrogens is 352 g/mol. The van der Waals surface area contributed by atoms with Gasteiger partial charge in [0.1, 0.15) is 0 Å². The summed E-state index contributed by atoms with van der Waals surface area (Å²) >= 11 is 0. The number of carbonyl (C=O) groups is 2. The highest BCUT2D eigenvalue weighted by Crippen LogP contribution is 2.42. The lowest BCUT2D eigenvalue weighted by molar-refractivity contribution is -0.122. The van der Waals surface area contributed by atoms with Crippen LogP contribution in [0.3, 0.4) is 0 Å². The standard InChI is InChI=1S/C19H16N2O6/c22-18(20-10-1-3-14-16(5-10)26-8-24-14)12-7-13(12)19(23)21-11-2-4-15-17(6-11)27-9-25-15/h1-6,12-13H,7-9H2,(H,20,22)(H,21,23). The lowest BCUT2D eigenvalue weighted by Gasteiger charge is -2.07. The molecule has 2 amide bonds. The predicted octanol–water partition coefficient (Wildman–Crippen LogP) is 2.36. The third kappa shape index (κ3) is 2.99. The van der Waals surface area contributed by atoms with Gasteiger partial charge in [0.05, 0.1) is 11.8 Å². The maximum atomic E-state index is 12.4. The van der Waals surface area contributed by atoms with E-state index in [-0.39, 0.29) is 37.2 Å².